The third-order valence-electron chi connectivity index (χ3n) is 3.97. The van der Waals surface area contributed by atoms with Crippen molar-refractivity contribution in [2.75, 3.05) is 13.1 Å². The fourth-order valence-electron chi connectivity index (χ4n) is 2.75. The Labute approximate surface area is 79.5 Å². The number of fused-ring (bicyclic) bond motifs is 1. The van der Waals surface area contributed by atoms with Crippen molar-refractivity contribution in [3.05, 3.63) is 0 Å². The average Bonchev–Trinajstić information content (AvgIpc) is 2.98. The maximum atomic E-state index is 9.01. The van der Waals surface area contributed by atoms with Crippen molar-refractivity contribution in [1.82, 2.24) is 4.90 Å². The maximum Gasteiger partial charge on any atom is 0.0703 e. The second-order valence-corrected chi connectivity index (χ2v) is 5.07. The summed E-state index contributed by atoms with van der Waals surface area (Å²) in [6.07, 6.45) is 6.53. The molecule has 2 atom stereocenters. The lowest BCUT2D eigenvalue weighted by Crippen LogP contribution is -2.36. The molecule has 3 fully saturated rings. The molecule has 0 aromatic heterocycles. The van der Waals surface area contributed by atoms with Crippen LogP contribution < -0.4 is 0 Å². The van der Waals surface area contributed by atoms with Gasteiger partial charge >= 0.3 is 0 Å². The zero-order valence-corrected chi connectivity index (χ0v) is 8.00. The van der Waals surface area contributed by atoms with Crippen LogP contribution in [0.25, 0.3) is 0 Å². The van der Waals surface area contributed by atoms with Crippen LogP contribution in [0.1, 0.15) is 32.1 Å². The third-order valence-corrected chi connectivity index (χ3v) is 3.97. The molecule has 2 unspecified atom stereocenters. The molecule has 1 heterocycles. The number of nitriles is 1. The summed E-state index contributed by atoms with van der Waals surface area (Å²) in [5, 5.41) is 9.01. The van der Waals surface area contributed by atoms with Crippen LogP contribution >= 0.6 is 0 Å². The summed E-state index contributed by atoms with van der Waals surface area (Å²) in [5.41, 5.74) is 0.0878. The van der Waals surface area contributed by atoms with Gasteiger partial charge in [-0.2, -0.15) is 5.26 Å². The Balaban J connectivity index is 1.63. The quantitative estimate of drug-likeness (QED) is 0.641. The first-order chi connectivity index (χ1) is 6.33. The minimum Gasteiger partial charge on any atom is -0.299 e. The highest BCUT2D eigenvalue weighted by atomic mass is 15.2. The number of rotatable bonds is 2. The van der Waals surface area contributed by atoms with E-state index in [0.29, 0.717) is 0 Å². The molecule has 1 saturated heterocycles. The van der Waals surface area contributed by atoms with Gasteiger partial charge in [-0.25, -0.2) is 0 Å². The number of likely N-dealkylation sites (tertiary alicyclic amines) is 1. The van der Waals surface area contributed by atoms with Crippen LogP contribution in [0.3, 0.4) is 0 Å². The smallest absolute Gasteiger partial charge is 0.0703 e. The van der Waals surface area contributed by atoms with Gasteiger partial charge in [0.05, 0.1) is 11.5 Å². The molecule has 0 spiro atoms. The van der Waals surface area contributed by atoms with E-state index >= 15 is 0 Å². The predicted molar refractivity (Wildman–Crippen MR) is 50.0 cm³/mol. The number of hydrogen-bond donors (Lipinski definition) is 0. The summed E-state index contributed by atoms with van der Waals surface area (Å²) < 4.78 is 0. The Morgan fingerprint density at radius 2 is 2.31 bits per heavy atom. The average molecular weight is 176 g/mol. The van der Waals surface area contributed by atoms with E-state index in [1.165, 1.54) is 25.8 Å². The first-order valence-electron chi connectivity index (χ1n) is 5.48. The second kappa shape index (κ2) is 2.48. The summed E-state index contributed by atoms with van der Waals surface area (Å²) in [7, 11) is 0. The van der Waals surface area contributed by atoms with E-state index in [2.05, 4.69) is 11.0 Å². The van der Waals surface area contributed by atoms with Crippen molar-refractivity contribution in [3.8, 4) is 6.07 Å². The normalized spacial score (nSPS) is 40.5. The first-order valence-corrected chi connectivity index (χ1v) is 5.48. The van der Waals surface area contributed by atoms with Gasteiger partial charge in [0.15, 0.2) is 0 Å². The molecule has 0 N–H and O–H groups in total. The van der Waals surface area contributed by atoms with Crippen LogP contribution in [0.4, 0.5) is 0 Å². The highest BCUT2D eigenvalue weighted by Crippen LogP contribution is 2.50. The Bertz CT molecular complexity index is 262. The highest BCUT2D eigenvalue weighted by Gasteiger charge is 2.50. The van der Waals surface area contributed by atoms with E-state index in [1.807, 2.05) is 0 Å². The summed E-state index contributed by atoms with van der Waals surface area (Å²) in [5.74, 6) is 1.00. The molecule has 13 heavy (non-hydrogen) atoms. The zero-order valence-electron chi connectivity index (χ0n) is 8.00. The van der Waals surface area contributed by atoms with Gasteiger partial charge in [-0.3, -0.25) is 4.90 Å². The monoisotopic (exact) mass is 176 g/mol. The van der Waals surface area contributed by atoms with Gasteiger partial charge < -0.3 is 0 Å². The molecule has 2 saturated carbocycles. The van der Waals surface area contributed by atoms with E-state index in [1.54, 1.807) is 0 Å². The topological polar surface area (TPSA) is 27.0 Å². The molecule has 3 aliphatic rings. The van der Waals surface area contributed by atoms with E-state index < -0.39 is 0 Å². The summed E-state index contributed by atoms with van der Waals surface area (Å²) in [6, 6.07) is 3.37. The largest absolute Gasteiger partial charge is 0.299 e. The van der Waals surface area contributed by atoms with Crippen LogP contribution in [-0.4, -0.2) is 24.0 Å². The lowest BCUT2D eigenvalue weighted by atomic mass is 10.1. The van der Waals surface area contributed by atoms with Crippen molar-refractivity contribution in [3.63, 3.8) is 0 Å². The molecule has 2 nitrogen and oxygen atoms in total. The number of piperidine rings is 1. The molecule has 0 aromatic carbocycles. The summed E-state index contributed by atoms with van der Waals surface area (Å²) >= 11 is 0. The van der Waals surface area contributed by atoms with Crippen molar-refractivity contribution < 1.29 is 0 Å². The van der Waals surface area contributed by atoms with E-state index in [0.717, 1.165) is 31.3 Å². The highest BCUT2D eigenvalue weighted by molar-refractivity contribution is 5.13. The van der Waals surface area contributed by atoms with Crippen molar-refractivity contribution in [1.29, 1.82) is 5.26 Å². The van der Waals surface area contributed by atoms with E-state index in [9.17, 15) is 0 Å². The SMILES string of the molecule is N#CC1(CN2CCCC3CC32)CC1. The van der Waals surface area contributed by atoms with Crippen LogP contribution in [0, 0.1) is 22.7 Å². The Morgan fingerprint density at radius 1 is 1.46 bits per heavy atom. The fourth-order valence-corrected chi connectivity index (χ4v) is 2.75. The maximum absolute atomic E-state index is 9.01. The van der Waals surface area contributed by atoms with Crippen molar-refractivity contribution in [2.45, 2.75) is 38.1 Å². The predicted octanol–water partition coefficient (Wildman–Crippen LogP) is 1.77. The Hall–Kier alpha value is -0.550. The first kappa shape index (κ1) is 7.82. The molecule has 3 rings (SSSR count). The van der Waals surface area contributed by atoms with Crippen molar-refractivity contribution >= 4 is 0 Å². The molecule has 0 aromatic rings. The van der Waals surface area contributed by atoms with Gasteiger partial charge in [0, 0.05) is 12.6 Å². The minimum absolute atomic E-state index is 0.0878. The van der Waals surface area contributed by atoms with Gasteiger partial charge in [0.1, 0.15) is 0 Å². The standard InChI is InChI=1S/C11H16N2/c12-7-11(3-4-11)8-13-5-1-2-9-6-10(9)13/h9-10H,1-6,8H2. The molecule has 2 aliphatic carbocycles. The molecule has 2 heteroatoms. The lowest BCUT2D eigenvalue weighted by molar-refractivity contribution is 0.192. The van der Waals surface area contributed by atoms with Gasteiger partial charge in [0.25, 0.3) is 0 Å². The second-order valence-electron chi connectivity index (χ2n) is 5.07. The fraction of sp³-hybridized carbons (Fsp3) is 0.909. The molecular weight excluding hydrogens is 160 g/mol. The zero-order chi connectivity index (χ0) is 8.89. The third kappa shape index (κ3) is 1.26. The lowest BCUT2D eigenvalue weighted by Gasteiger charge is -2.28. The van der Waals surface area contributed by atoms with E-state index in [4.69, 9.17) is 5.26 Å². The van der Waals surface area contributed by atoms with E-state index in [-0.39, 0.29) is 5.41 Å². The number of nitrogens with zero attached hydrogens (tertiary/aromatic N) is 2. The molecule has 0 radical (unpaired) electrons. The summed E-state index contributed by atoms with van der Waals surface area (Å²) in [6.45, 7) is 2.33. The van der Waals surface area contributed by atoms with Gasteiger partial charge in [-0.1, -0.05) is 0 Å². The van der Waals surface area contributed by atoms with Gasteiger partial charge in [-0.05, 0) is 44.6 Å². The molecule has 1 aliphatic heterocycles. The van der Waals surface area contributed by atoms with Crippen LogP contribution in [0.15, 0.2) is 0 Å². The molecule has 70 valence electrons. The number of hydrogen-bond acceptors (Lipinski definition) is 2. The van der Waals surface area contributed by atoms with Crippen LogP contribution in [-0.2, 0) is 0 Å². The Morgan fingerprint density at radius 3 is 3.00 bits per heavy atom. The summed E-state index contributed by atoms with van der Waals surface area (Å²) in [4.78, 5) is 2.59. The molecular formula is C11H16N2. The van der Waals surface area contributed by atoms with Crippen LogP contribution in [0.2, 0.25) is 0 Å². The van der Waals surface area contributed by atoms with Crippen molar-refractivity contribution in [2.24, 2.45) is 11.3 Å². The van der Waals surface area contributed by atoms with Crippen LogP contribution in [0.5, 0.6) is 0 Å². The minimum atomic E-state index is 0.0878. The Kier molecular flexibility index (Phi) is 1.49. The van der Waals surface area contributed by atoms with Gasteiger partial charge in [-0.15, -0.1) is 0 Å². The molecule has 0 bridgehead atoms. The molecule has 0 amide bonds. The van der Waals surface area contributed by atoms with Gasteiger partial charge in [0.2, 0.25) is 0 Å².